The molecule has 4 aromatic rings. The van der Waals surface area contributed by atoms with Crippen LogP contribution >= 0.6 is 0 Å². The maximum atomic E-state index is 4.33. The average Bonchev–Trinajstić information content (AvgIpc) is 3.00. The summed E-state index contributed by atoms with van der Waals surface area (Å²) in [6, 6.07) is 10.3. The zero-order chi connectivity index (χ0) is 12.7. The van der Waals surface area contributed by atoms with Crippen molar-refractivity contribution in [3.05, 3.63) is 55.2 Å². The Hall–Kier alpha value is -2.75. The number of aromatic nitrogens is 4. The first-order valence-electron chi connectivity index (χ1n) is 6.05. The van der Waals surface area contributed by atoms with Crippen molar-refractivity contribution >= 4 is 21.7 Å². The summed E-state index contributed by atoms with van der Waals surface area (Å²) < 4.78 is 0. The maximum absolute atomic E-state index is 4.33. The van der Waals surface area contributed by atoms with Crippen LogP contribution in [-0.2, 0) is 0 Å². The van der Waals surface area contributed by atoms with Crippen LogP contribution in [0.4, 0.5) is 0 Å². The van der Waals surface area contributed by atoms with Crippen molar-refractivity contribution in [1.29, 1.82) is 0 Å². The Morgan fingerprint density at radius 1 is 0.895 bits per heavy atom. The normalized spacial score (nSPS) is 11.2. The van der Waals surface area contributed by atoms with Gasteiger partial charge in [-0.15, -0.1) is 0 Å². The van der Waals surface area contributed by atoms with Crippen LogP contribution in [0, 0.1) is 0 Å². The van der Waals surface area contributed by atoms with Crippen LogP contribution in [0.15, 0.2) is 55.2 Å². The van der Waals surface area contributed by atoms with Gasteiger partial charge in [0.1, 0.15) is 12.2 Å². The number of fused-ring (bicyclic) bond motifs is 3. The van der Waals surface area contributed by atoms with E-state index >= 15 is 0 Å². The van der Waals surface area contributed by atoms with E-state index in [2.05, 4.69) is 38.1 Å². The predicted molar refractivity (Wildman–Crippen MR) is 74.6 cm³/mol. The molecule has 2 heterocycles. The summed E-state index contributed by atoms with van der Waals surface area (Å²) >= 11 is 0. The van der Waals surface area contributed by atoms with E-state index in [1.165, 1.54) is 0 Å². The van der Waals surface area contributed by atoms with Gasteiger partial charge in [-0.25, -0.2) is 15.0 Å². The number of rotatable bonds is 1. The van der Waals surface area contributed by atoms with Crippen molar-refractivity contribution in [2.75, 3.05) is 0 Å². The van der Waals surface area contributed by atoms with Crippen LogP contribution in [0.2, 0.25) is 0 Å². The molecule has 0 unspecified atom stereocenters. The van der Waals surface area contributed by atoms with E-state index < -0.39 is 0 Å². The number of nitrogens with one attached hydrogen (secondary N) is 1. The van der Waals surface area contributed by atoms with Gasteiger partial charge in [-0.2, -0.15) is 0 Å². The van der Waals surface area contributed by atoms with Crippen LogP contribution < -0.4 is 0 Å². The summed E-state index contributed by atoms with van der Waals surface area (Å²) in [5.74, 6) is 0.877. The van der Waals surface area contributed by atoms with E-state index in [-0.39, 0.29) is 0 Å². The SMILES string of the molecule is c1cc(-c2ncc[nH]2)c2ccc3ncncc3c2c1. The number of benzene rings is 2. The molecule has 0 aliphatic rings. The Balaban J connectivity index is 2.15. The smallest absolute Gasteiger partial charge is 0.137 e. The lowest BCUT2D eigenvalue weighted by molar-refractivity contribution is 1.23. The molecule has 2 aromatic carbocycles. The van der Waals surface area contributed by atoms with E-state index in [0.717, 1.165) is 33.1 Å². The molecule has 90 valence electrons. The largest absolute Gasteiger partial charge is 0.345 e. The van der Waals surface area contributed by atoms with Crippen molar-refractivity contribution in [2.24, 2.45) is 0 Å². The second kappa shape index (κ2) is 3.88. The zero-order valence-electron chi connectivity index (χ0n) is 10.0. The maximum Gasteiger partial charge on any atom is 0.137 e. The van der Waals surface area contributed by atoms with E-state index in [0.29, 0.717) is 0 Å². The highest BCUT2D eigenvalue weighted by atomic mass is 14.9. The molecule has 2 aromatic heterocycles. The summed E-state index contributed by atoms with van der Waals surface area (Å²) in [5.41, 5.74) is 2.05. The third kappa shape index (κ3) is 1.50. The Morgan fingerprint density at radius 3 is 2.79 bits per heavy atom. The van der Waals surface area contributed by atoms with Gasteiger partial charge < -0.3 is 4.98 Å². The minimum Gasteiger partial charge on any atom is -0.345 e. The van der Waals surface area contributed by atoms with Gasteiger partial charge in [-0.05, 0) is 16.8 Å². The van der Waals surface area contributed by atoms with Crippen LogP contribution in [0.5, 0.6) is 0 Å². The van der Waals surface area contributed by atoms with Crippen molar-refractivity contribution in [3.8, 4) is 11.4 Å². The van der Waals surface area contributed by atoms with Crippen LogP contribution in [0.1, 0.15) is 0 Å². The summed E-state index contributed by atoms with van der Waals surface area (Å²) in [7, 11) is 0. The monoisotopic (exact) mass is 246 g/mol. The first kappa shape index (κ1) is 10.2. The molecule has 1 N–H and O–H groups in total. The van der Waals surface area contributed by atoms with Gasteiger partial charge in [0.05, 0.1) is 5.52 Å². The molecular formula is C15H10N4. The fourth-order valence-electron chi connectivity index (χ4n) is 2.44. The van der Waals surface area contributed by atoms with Crippen molar-refractivity contribution in [1.82, 2.24) is 19.9 Å². The van der Waals surface area contributed by atoms with Crippen molar-refractivity contribution in [3.63, 3.8) is 0 Å². The minimum absolute atomic E-state index is 0.877. The van der Waals surface area contributed by atoms with Crippen molar-refractivity contribution in [2.45, 2.75) is 0 Å². The summed E-state index contributed by atoms with van der Waals surface area (Å²) in [5, 5.41) is 3.36. The van der Waals surface area contributed by atoms with Gasteiger partial charge in [-0.1, -0.05) is 24.3 Å². The molecule has 0 aliphatic carbocycles. The number of nitrogens with zero attached hydrogens (tertiary/aromatic N) is 3. The van der Waals surface area contributed by atoms with Crippen LogP contribution in [0.25, 0.3) is 33.1 Å². The van der Waals surface area contributed by atoms with Gasteiger partial charge >= 0.3 is 0 Å². The third-order valence-corrected chi connectivity index (χ3v) is 3.30. The lowest BCUT2D eigenvalue weighted by Crippen LogP contribution is -1.86. The molecule has 0 saturated carbocycles. The molecule has 0 fully saturated rings. The highest BCUT2D eigenvalue weighted by molar-refractivity contribution is 6.10. The molecule has 0 saturated heterocycles. The van der Waals surface area contributed by atoms with E-state index in [9.17, 15) is 0 Å². The zero-order valence-corrected chi connectivity index (χ0v) is 10.0. The molecule has 19 heavy (non-hydrogen) atoms. The van der Waals surface area contributed by atoms with E-state index in [1.807, 2.05) is 24.5 Å². The second-order valence-electron chi connectivity index (χ2n) is 4.36. The Kier molecular flexibility index (Phi) is 2.08. The van der Waals surface area contributed by atoms with Gasteiger partial charge in [0.15, 0.2) is 0 Å². The first-order chi connectivity index (χ1) is 9.43. The summed E-state index contributed by atoms with van der Waals surface area (Å²) in [4.78, 5) is 15.9. The predicted octanol–water partition coefficient (Wildman–Crippen LogP) is 3.17. The molecule has 0 amide bonds. The van der Waals surface area contributed by atoms with Crippen LogP contribution in [-0.4, -0.2) is 19.9 Å². The molecule has 0 atom stereocenters. The molecule has 4 heteroatoms. The lowest BCUT2D eigenvalue weighted by atomic mass is 10.0. The number of hydrogen-bond acceptors (Lipinski definition) is 3. The van der Waals surface area contributed by atoms with Gasteiger partial charge in [0.25, 0.3) is 0 Å². The Morgan fingerprint density at radius 2 is 1.89 bits per heavy atom. The molecule has 0 aliphatic heterocycles. The van der Waals surface area contributed by atoms with Gasteiger partial charge in [0.2, 0.25) is 0 Å². The fourth-order valence-corrected chi connectivity index (χ4v) is 2.44. The highest BCUT2D eigenvalue weighted by Crippen LogP contribution is 2.30. The standard InChI is InChI=1S/C15H10N4/c1-2-10-11(12(3-1)15-17-6-7-18-15)4-5-14-13(10)8-16-9-19-14/h1-9H,(H,17,18). The molecule has 0 bridgehead atoms. The summed E-state index contributed by atoms with van der Waals surface area (Å²) in [6.45, 7) is 0. The lowest BCUT2D eigenvalue weighted by Gasteiger charge is -2.06. The number of aromatic amines is 1. The molecule has 4 nitrogen and oxygen atoms in total. The van der Waals surface area contributed by atoms with Gasteiger partial charge in [-0.3, -0.25) is 0 Å². The van der Waals surface area contributed by atoms with E-state index in [1.54, 1.807) is 12.5 Å². The third-order valence-electron chi connectivity index (χ3n) is 3.30. The fraction of sp³-hybridized carbons (Fsp3) is 0. The van der Waals surface area contributed by atoms with Crippen LogP contribution in [0.3, 0.4) is 0 Å². The minimum atomic E-state index is 0.877. The molecular weight excluding hydrogens is 236 g/mol. The van der Waals surface area contributed by atoms with E-state index in [4.69, 9.17) is 0 Å². The van der Waals surface area contributed by atoms with Gasteiger partial charge in [0, 0.05) is 29.5 Å². The molecule has 0 radical (unpaired) electrons. The Bertz CT molecular complexity index is 866. The van der Waals surface area contributed by atoms with Crippen molar-refractivity contribution < 1.29 is 0 Å². The first-order valence-corrected chi connectivity index (χ1v) is 6.05. The quantitative estimate of drug-likeness (QED) is 0.525. The molecule has 0 spiro atoms. The second-order valence-corrected chi connectivity index (χ2v) is 4.36. The number of hydrogen-bond donors (Lipinski definition) is 1. The summed E-state index contributed by atoms with van der Waals surface area (Å²) in [6.07, 6.45) is 7.03. The topological polar surface area (TPSA) is 54.5 Å². The number of H-pyrrole nitrogens is 1. The average molecular weight is 246 g/mol. The highest BCUT2D eigenvalue weighted by Gasteiger charge is 2.08. The number of imidazole rings is 1. The molecule has 4 rings (SSSR count). The Labute approximate surface area is 109 Å².